The summed E-state index contributed by atoms with van der Waals surface area (Å²) < 4.78 is 8.91. The van der Waals surface area contributed by atoms with Crippen molar-refractivity contribution in [1.82, 2.24) is 29.0 Å². The van der Waals surface area contributed by atoms with Gasteiger partial charge in [-0.25, -0.2) is 14.2 Å². The lowest BCUT2D eigenvalue weighted by Gasteiger charge is -2.47. The van der Waals surface area contributed by atoms with E-state index in [1.807, 2.05) is 23.7 Å². The first-order chi connectivity index (χ1) is 16.8. The third kappa shape index (κ3) is 4.08. The third-order valence-corrected chi connectivity index (χ3v) is 7.42. The SMILES string of the molecule is COC(C)c1cn2c(n1)c(N1C[C@@H](C)N(C(C)c3ccc4nccnc4c3)C[C@@H]1C)cc(=O)n2C. The Labute approximate surface area is 205 Å². The first kappa shape index (κ1) is 23.4. The summed E-state index contributed by atoms with van der Waals surface area (Å²) in [6.07, 6.45) is 5.20. The van der Waals surface area contributed by atoms with Crippen LogP contribution in [-0.4, -0.2) is 61.3 Å². The van der Waals surface area contributed by atoms with Crippen molar-refractivity contribution in [2.24, 2.45) is 7.05 Å². The molecule has 0 saturated carbocycles. The van der Waals surface area contributed by atoms with E-state index in [9.17, 15) is 4.79 Å². The molecule has 9 nitrogen and oxygen atoms in total. The van der Waals surface area contributed by atoms with Crippen molar-refractivity contribution in [3.63, 3.8) is 0 Å². The highest BCUT2D eigenvalue weighted by atomic mass is 16.5. The minimum atomic E-state index is -0.154. The Morgan fingerprint density at radius 1 is 1.03 bits per heavy atom. The number of anilines is 1. The predicted molar refractivity (Wildman–Crippen MR) is 137 cm³/mol. The van der Waals surface area contributed by atoms with Crippen LogP contribution in [0.3, 0.4) is 0 Å². The molecule has 1 saturated heterocycles. The molecule has 1 aromatic carbocycles. The predicted octanol–water partition coefficient (Wildman–Crippen LogP) is 3.34. The fourth-order valence-corrected chi connectivity index (χ4v) is 5.16. The van der Waals surface area contributed by atoms with Gasteiger partial charge in [-0.3, -0.25) is 19.7 Å². The third-order valence-electron chi connectivity index (χ3n) is 7.42. The van der Waals surface area contributed by atoms with Gasteiger partial charge in [0.2, 0.25) is 0 Å². The molecule has 4 atom stereocenters. The summed E-state index contributed by atoms with van der Waals surface area (Å²) in [6.45, 7) is 10.3. The highest BCUT2D eigenvalue weighted by Gasteiger charge is 2.34. The largest absolute Gasteiger partial charge is 0.375 e. The van der Waals surface area contributed by atoms with Gasteiger partial charge in [0.15, 0.2) is 5.65 Å². The summed E-state index contributed by atoms with van der Waals surface area (Å²) in [4.78, 5) is 31.4. The number of benzene rings is 1. The lowest BCUT2D eigenvalue weighted by molar-refractivity contribution is 0.116. The highest BCUT2D eigenvalue weighted by molar-refractivity contribution is 5.74. The van der Waals surface area contributed by atoms with Gasteiger partial charge in [-0.2, -0.15) is 0 Å². The molecule has 35 heavy (non-hydrogen) atoms. The smallest absolute Gasteiger partial charge is 0.267 e. The van der Waals surface area contributed by atoms with Gasteiger partial charge in [-0.05, 0) is 45.4 Å². The molecule has 0 aliphatic carbocycles. The molecule has 0 radical (unpaired) electrons. The van der Waals surface area contributed by atoms with E-state index in [-0.39, 0.29) is 29.8 Å². The second-order valence-electron chi connectivity index (χ2n) is 9.63. The summed E-state index contributed by atoms with van der Waals surface area (Å²) in [5.74, 6) is 0. The van der Waals surface area contributed by atoms with Crippen LogP contribution in [0.15, 0.2) is 47.7 Å². The molecule has 0 spiro atoms. The second-order valence-corrected chi connectivity index (χ2v) is 9.63. The van der Waals surface area contributed by atoms with Gasteiger partial charge in [0.05, 0.1) is 34.7 Å². The van der Waals surface area contributed by atoms with E-state index < -0.39 is 0 Å². The Kier molecular flexibility index (Phi) is 6.06. The quantitative estimate of drug-likeness (QED) is 0.438. The molecule has 1 aliphatic rings. The van der Waals surface area contributed by atoms with Crippen LogP contribution in [0.5, 0.6) is 0 Å². The van der Waals surface area contributed by atoms with Crippen molar-refractivity contribution in [3.8, 4) is 0 Å². The molecular formula is C26H33N7O2. The molecule has 2 unspecified atom stereocenters. The first-order valence-electron chi connectivity index (χ1n) is 12.1. The van der Waals surface area contributed by atoms with Gasteiger partial charge in [-0.1, -0.05) is 6.07 Å². The highest BCUT2D eigenvalue weighted by Crippen LogP contribution is 2.32. The molecule has 0 amide bonds. The topological polar surface area (TPSA) is 80.8 Å². The molecule has 9 heteroatoms. The van der Waals surface area contributed by atoms with Crippen LogP contribution in [0.25, 0.3) is 16.7 Å². The van der Waals surface area contributed by atoms with E-state index >= 15 is 0 Å². The average molecular weight is 476 g/mol. The fraction of sp³-hybridized carbons (Fsp3) is 0.462. The maximum atomic E-state index is 12.8. The summed E-state index contributed by atoms with van der Waals surface area (Å²) in [5, 5.41) is 0. The van der Waals surface area contributed by atoms with Crippen molar-refractivity contribution < 1.29 is 4.74 Å². The van der Waals surface area contributed by atoms with E-state index in [1.165, 1.54) is 5.56 Å². The fourth-order valence-electron chi connectivity index (χ4n) is 5.16. The van der Waals surface area contributed by atoms with Gasteiger partial charge < -0.3 is 9.64 Å². The van der Waals surface area contributed by atoms with E-state index in [0.29, 0.717) is 0 Å². The van der Waals surface area contributed by atoms with Crippen LogP contribution in [0.1, 0.15) is 51.1 Å². The number of nitrogens with zero attached hydrogens (tertiary/aromatic N) is 7. The monoisotopic (exact) mass is 475 g/mol. The number of rotatable bonds is 5. The number of fused-ring (bicyclic) bond motifs is 2. The number of hydrogen-bond donors (Lipinski definition) is 0. The van der Waals surface area contributed by atoms with Gasteiger partial charge in [0.25, 0.3) is 5.56 Å². The maximum absolute atomic E-state index is 12.8. The van der Waals surface area contributed by atoms with Crippen molar-refractivity contribution in [1.29, 1.82) is 0 Å². The molecule has 1 fully saturated rings. The van der Waals surface area contributed by atoms with Crippen LogP contribution >= 0.6 is 0 Å². The van der Waals surface area contributed by atoms with Gasteiger partial charge in [0.1, 0.15) is 0 Å². The number of aromatic nitrogens is 5. The zero-order valence-electron chi connectivity index (χ0n) is 21.2. The second kappa shape index (κ2) is 9.05. The van der Waals surface area contributed by atoms with Gasteiger partial charge in [-0.15, -0.1) is 0 Å². The summed E-state index contributed by atoms with van der Waals surface area (Å²) >= 11 is 0. The number of hydrogen-bond acceptors (Lipinski definition) is 7. The zero-order chi connectivity index (χ0) is 24.9. The molecular weight excluding hydrogens is 442 g/mol. The maximum Gasteiger partial charge on any atom is 0.267 e. The molecule has 1 aliphatic heterocycles. The standard InChI is InChI=1S/C26H33N7O2/c1-16-14-32(24-12-25(34)30(5)33-15-23(19(4)35-6)29-26(24)33)17(2)13-31(16)18(3)20-7-8-21-22(11-20)28-10-9-27-21/h7-12,15-19H,13-14H2,1-6H3/t16-,17+,18?,19?/m1/s1. The van der Waals surface area contributed by atoms with Crippen LogP contribution in [-0.2, 0) is 11.8 Å². The van der Waals surface area contributed by atoms with Crippen molar-refractivity contribution >= 4 is 22.4 Å². The van der Waals surface area contributed by atoms with Crippen molar-refractivity contribution in [2.45, 2.75) is 51.9 Å². The normalized spacial score (nSPS) is 21.0. The van der Waals surface area contributed by atoms with E-state index in [2.05, 4.69) is 52.7 Å². The van der Waals surface area contributed by atoms with Crippen LogP contribution in [0, 0.1) is 0 Å². The molecule has 184 valence electrons. The first-order valence-corrected chi connectivity index (χ1v) is 12.1. The Balaban J connectivity index is 1.46. The summed E-state index contributed by atoms with van der Waals surface area (Å²) in [5.41, 5.74) is 5.45. The van der Waals surface area contributed by atoms with Crippen LogP contribution in [0.4, 0.5) is 5.69 Å². The lowest BCUT2D eigenvalue weighted by atomic mass is 10.00. The van der Waals surface area contributed by atoms with Gasteiger partial charge >= 0.3 is 0 Å². The van der Waals surface area contributed by atoms with Crippen LogP contribution < -0.4 is 10.5 Å². The Hall–Kier alpha value is -3.30. The number of aryl methyl sites for hydroxylation is 1. The lowest BCUT2D eigenvalue weighted by Crippen LogP contribution is -2.57. The molecule has 0 bridgehead atoms. The van der Waals surface area contributed by atoms with E-state index in [4.69, 9.17) is 9.72 Å². The Morgan fingerprint density at radius 2 is 1.77 bits per heavy atom. The van der Waals surface area contributed by atoms with Crippen LogP contribution in [0.2, 0.25) is 0 Å². The molecule has 4 aromatic rings. The molecule has 3 aromatic heterocycles. The van der Waals surface area contributed by atoms with Crippen molar-refractivity contribution in [3.05, 3.63) is 64.5 Å². The molecule has 4 heterocycles. The van der Waals surface area contributed by atoms with E-state index in [1.54, 1.807) is 37.3 Å². The Bertz CT molecular complexity index is 1430. The number of imidazole rings is 1. The van der Waals surface area contributed by atoms with Crippen molar-refractivity contribution in [2.75, 3.05) is 25.1 Å². The van der Waals surface area contributed by atoms with E-state index in [0.717, 1.165) is 41.2 Å². The average Bonchev–Trinajstić information content (AvgIpc) is 3.32. The number of methoxy groups -OCH3 is 1. The minimum absolute atomic E-state index is 0.0607. The number of ether oxygens (including phenoxy) is 1. The summed E-state index contributed by atoms with van der Waals surface area (Å²) in [6, 6.07) is 8.76. The molecule has 0 N–H and O–H groups in total. The number of piperazine rings is 1. The van der Waals surface area contributed by atoms with Gasteiger partial charge in [0, 0.05) is 63.8 Å². The Morgan fingerprint density at radius 3 is 2.51 bits per heavy atom. The molecule has 5 rings (SSSR count). The minimum Gasteiger partial charge on any atom is -0.375 e. The zero-order valence-corrected chi connectivity index (χ0v) is 21.2. The summed E-state index contributed by atoms with van der Waals surface area (Å²) in [7, 11) is 3.43.